The van der Waals surface area contributed by atoms with Gasteiger partial charge in [-0.25, -0.2) is 0 Å². The van der Waals surface area contributed by atoms with Gasteiger partial charge in [0.2, 0.25) is 5.91 Å². The molecule has 0 radical (unpaired) electrons. The number of hydrogen-bond donors (Lipinski definition) is 2. The van der Waals surface area contributed by atoms with E-state index < -0.39 is 0 Å². The Morgan fingerprint density at radius 2 is 2.00 bits per heavy atom. The molecular formula is C14H16N4O2. The van der Waals surface area contributed by atoms with E-state index >= 15 is 0 Å². The second-order valence-electron chi connectivity index (χ2n) is 4.49. The van der Waals surface area contributed by atoms with Crippen molar-refractivity contribution in [2.75, 3.05) is 17.3 Å². The van der Waals surface area contributed by atoms with E-state index in [2.05, 4.69) is 15.5 Å². The summed E-state index contributed by atoms with van der Waals surface area (Å²) in [7, 11) is 1.63. The van der Waals surface area contributed by atoms with Crippen LogP contribution in [0.2, 0.25) is 0 Å². The molecule has 1 aromatic heterocycles. The first-order chi connectivity index (χ1) is 9.49. The maximum Gasteiger partial charge on any atom is 0.258 e. The number of aromatic nitrogens is 2. The van der Waals surface area contributed by atoms with E-state index in [0.717, 1.165) is 5.69 Å². The van der Waals surface area contributed by atoms with Crippen molar-refractivity contribution in [2.45, 2.75) is 13.8 Å². The number of nitrogens with one attached hydrogen (secondary N) is 2. The predicted molar refractivity (Wildman–Crippen MR) is 76.8 cm³/mol. The van der Waals surface area contributed by atoms with Crippen LogP contribution in [0.25, 0.3) is 0 Å². The van der Waals surface area contributed by atoms with E-state index in [0.29, 0.717) is 17.1 Å². The Balaban J connectivity index is 2.28. The van der Waals surface area contributed by atoms with Crippen molar-refractivity contribution in [1.29, 1.82) is 0 Å². The highest BCUT2D eigenvalue weighted by molar-refractivity contribution is 6.10. The number of nitrogens with zero attached hydrogens (tertiary/aromatic N) is 2. The standard InChI is InChI=1S/C14H16N4O2/c1-9-8-13(17-16-9)15-14(20)11-6-4-5-7-12(11)18(3)10(2)19/h4-8H,1-3H3,(H2,15,16,17,20). The van der Waals surface area contributed by atoms with Crippen LogP contribution in [-0.2, 0) is 4.79 Å². The second kappa shape index (κ2) is 5.56. The summed E-state index contributed by atoms with van der Waals surface area (Å²) in [6.45, 7) is 3.30. The van der Waals surface area contributed by atoms with Crippen molar-refractivity contribution in [3.05, 3.63) is 41.6 Å². The minimum atomic E-state index is -0.305. The molecule has 6 heteroatoms. The summed E-state index contributed by atoms with van der Waals surface area (Å²) in [6, 6.07) is 8.66. The van der Waals surface area contributed by atoms with Gasteiger partial charge in [-0.1, -0.05) is 12.1 Å². The molecule has 0 saturated carbocycles. The highest BCUT2D eigenvalue weighted by Gasteiger charge is 2.16. The highest BCUT2D eigenvalue weighted by atomic mass is 16.2. The molecular weight excluding hydrogens is 256 g/mol. The van der Waals surface area contributed by atoms with Gasteiger partial charge in [0.05, 0.1) is 11.3 Å². The lowest BCUT2D eigenvalue weighted by Crippen LogP contribution is -2.26. The van der Waals surface area contributed by atoms with Gasteiger partial charge in [0.1, 0.15) is 0 Å². The van der Waals surface area contributed by atoms with E-state index in [4.69, 9.17) is 0 Å². The first kappa shape index (κ1) is 13.8. The molecule has 0 fully saturated rings. The first-order valence-electron chi connectivity index (χ1n) is 6.15. The summed E-state index contributed by atoms with van der Waals surface area (Å²) in [5.41, 5.74) is 1.84. The van der Waals surface area contributed by atoms with Crippen LogP contribution in [0, 0.1) is 6.92 Å². The lowest BCUT2D eigenvalue weighted by Gasteiger charge is -2.18. The minimum absolute atomic E-state index is 0.138. The van der Waals surface area contributed by atoms with Gasteiger partial charge in [-0.3, -0.25) is 14.7 Å². The molecule has 0 spiro atoms. The van der Waals surface area contributed by atoms with E-state index in [1.54, 1.807) is 37.4 Å². The van der Waals surface area contributed by atoms with E-state index in [1.165, 1.54) is 11.8 Å². The fourth-order valence-electron chi connectivity index (χ4n) is 1.79. The molecule has 20 heavy (non-hydrogen) atoms. The SMILES string of the molecule is CC(=O)N(C)c1ccccc1C(=O)Nc1cc(C)[nH]n1. The summed E-state index contributed by atoms with van der Waals surface area (Å²) in [6.07, 6.45) is 0. The average Bonchev–Trinajstić information content (AvgIpc) is 2.83. The zero-order valence-electron chi connectivity index (χ0n) is 11.6. The molecule has 0 aliphatic carbocycles. The van der Waals surface area contributed by atoms with Crippen molar-refractivity contribution in [1.82, 2.24) is 10.2 Å². The molecule has 0 atom stereocenters. The molecule has 2 aromatic rings. The normalized spacial score (nSPS) is 10.2. The third-order valence-electron chi connectivity index (χ3n) is 2.93. The number of anilines is 2. The minimum Gasteiger partial charge on any atom is -0.315 e. The second-order valence-corrected chi connectivity index (χ2v) is 4.49. The fraction of sp³-hybridized carbons (Fsp3) is 0.214. The van der Waals surface area contributed by atoms with E-state index in [-0.39, 0.29) is 11.8 Å². The molecule has 2 N–H and O–H groups in total. The summed E-state index contributed by atoms with van der Waals surface area (Å²) in [4.78, 5) is 25.2. The Kier molecular flexibility index (Phi) is 3.84. The van der Waals surface area contributed by atoms with Crippen LogP contribution in [0.15, 0.2) is 30.3 Å². The smallest absolute Gasteiger partial charge is 0.258 e. The quantitative estimate of drug-likeness (QED) is 0.896. The lowest BCUT2D eigenvalue weighted by atomic mass is 10.1. The Bertz CT molecular complexity index is 648. The zero-order valence-corrected chi connectivity index (χ0v) is 11.6. The number of carbonyl (C=O) groups excluding carboxylic acids is 2. The van der Waals surface area contributed by atoms with Gasteiger partial charge in [0.15, 0.2) is 5.82 Å². The largest absolute Gasteiger partial charge is 0.315 e. The van der Waals surface area contributed by atoms with Gasteiger partial charge in [-0.15, -0.1) is 0 Å². The van der Waals surface area contributed by atoms with E-state index in [1.807, 2.05) is 6.92 Å². The molecule has 0 aliphatic rings. The molecule has 1 heterocycles. The topological polar surface area (TPSA) is 78.1 Å². The number of aromatic amines is 1. The molecule has 0 aliphatic heterocycles. The van der Waals surface area contributed by atoms with Crippen molar-refractivity contribution >= 4 is 23.3 Å². The van der Waals surface area contributed by atoms with Gasteiger partial charge < -0.3 is 10.2 Å². The maximum absolute atomic E-state index is 12.3. The molecule has 104 valence electrons. The summed E-state index contributed by atoms with van der Waals surface area (Å²) in [5, 5.41) is 9.40. The number of H-pyrrole nitrogens is 1. The Hall–Kier alpha value is -2.63. The van der Waals surface area contributed by atoms with Crippen LogP contribution >= 0.6 is 0 Å². The van der Waals surface area contributed by atoms with Crippen LogP contribution in [0.1, 0.15) is 23.0 Å². The Labute approximate surface area is 116 Å². The highest BCUT2D eigenvalue weighted by Crippen LogP contribution is 2.20. The number of aryl methyl sites for hydroxylation is 1. The zero-order chi connectivity index (χ0) is 14.7. The first-order valence-corrected chi connectivity index (χ1v) is 6.15. The van der Waals surface area contributed by atoms with Gasteiger partial charge in [-0.2, -0.15) is 5.10 Å². The number of amides is 2. The van der Waals surface area contributed by atoms with Crippen molar-refractivity contribution < 1.29 is 9.59 Å². The van der Waals surface area contributed by atoms with Crippen LogP contribution in [0.4, 0.5) is 11.5 Å². The van der Waals surface area contributed by atoms with Gasteiger partial charge in [-0.05, 0) is 19.1 Å². The molecule has 2 rings (SSSR count). The van der Waals surface area contributed by atoms with Crippen molar-refractivity contribution in [3.63, 3.8) is 0 Å². The number of para-hydroxylation sites is 1. The van der Waals surface area contributed by atoms with Crippen molar-refractivity contribution in [2.24, 2.45) is 0 Å². The molecule has 1 aromatic carbocycles. The number of hydrogen-bond acceptors (Lipinski definition) is 3. The number of benzene rings is 1. The van der Waals surface area contributed by atoms with Crippen LogP contribution < -0.4 is 10.2 Å². The molecule has 6 nitrogen and oxygen atoms in total. The van der Waals surface area contributed by atoms with Crippen LogP contribution in [-0.4, -0.2) is 29.1 Å². The maximum atomic E-state index is 12.3. The monoisotopic (exact) mass is 272 g/mol. The van der Waals surface area contributed by atoms with Crippen molar-refractivity contribution in [3.8, 4) is 0 Å². The summed E-state index contributed by atoms with van der Waals surface area (Å²) < 4.78 is 0. The Morgan fingerprint density at radius 3 is 2.60 bits per heavy atom. The van der Waals surface area contributed by atoms with Crippen LogP contribution in [0.3, 0.4) is 0 Å². The summed E-state index contributed by atoms with van der Waals surface area (Å²) in [5.74, 6) is 0.00819. The summed E-state index contributed by atoms with van der Waals surface area (Å²) >= 11 is 0. The molecule has 0 unspecified atom stereocenters. The van der Waals surface area contributed by atoms with Crippen LogP contribution in [0.5, 0.6) is 0 Å². The average molecular weight is 272 g/mol. The van der Waals surface area contributed by atoms with Gasteiger partial charge in [0, 0.05) is 25.7 Å². The number of carbonyl (C=O) groups is 2. The van der Waals surface area contributed by atoms with E-state index in [9.17, 15) is 9.59 Å². The molecule has 0 bridgehead atoms. The number of rotatable bonds is 3. The Morgan fingerprint density at radius 1 is 1.30 bits per heavy atom. The molecule has 2 amide bonds. The van der Waals surface area contributed by atoms with Gasteiger partial charge >= 0.3 is 0 Å². The lowest BCUT2D eigenvalue weighted by molar-refractivity contribution is -0.116. The van der Waals surface area contributed by atoms with Gasteiger partial charge in [0.25, 0.3) is 5.91 Å². The third-order valence-corrected chi connectivity index (χ3v) is 2.93. The molecule has 0 saturated heterocycles. The predicted octanol–water partition coefficient (Wildman–Crippen LogP) is 1.95. The fourth-order valence-corrected chi connectivity index (χ4v) is 1.79. The third kappa shape index (κ3) is 2.85.